The van der Waals surface area contributed by atoms with Crippen molar-refractivity contribution in [3.63, 3.8) is 0 Å². The minimum Gasteiger partial charge on any atom is -0.0856 e. The average Bonchev–Trinajstić information content (AvgIpc) is 2.17. The smallest absolute Gasteiger partial charge is 0 e. The molecule has 0 saturated heterocycles. The van der Waals surface area contributed by atoms with E-state index in [1.165, 1.54) is 29.6 Å². The van der Waals surface area contributed by atoms with E-state index in [1.54, 1.807) is 0 Å². The third-order valence-corrected chi connectivity index (χ3v) is 2.47. The van der Waals surface area contributed by atoms with Gasteiger partial charge in [-0.25, -0.2) is 0 Å². The van der Waals surface area contributed by atoms with E-state index >= 15 is 0 Å². The summed E-state index contributed by atoms with van der Waals surface area (Å²) in [4.78, 5) is 0. The third-order valence-electron chi connectivity index (χ3n) is 2.47. The van der Waals surface area contributed by atoms with Crippen LogP contribution in [0.2, 0.25) is 0 Å². The maximum atomic E-state index is 3.76. The van der Waals surface area contributed by atoms with E-state index in [0.29, 0.717) is 0 Å². The van der Waals surface area contributed by atoms with E-state index in [1.807, 2.05) is 6.08 Å². The van der Waals surface area contributed by atoms with Crippen LogP contribution in [0.1, 0.15) is 53.4 Å². The molecule has 0 aromatic carbocycles. The molecule has 0 amide bonds. The quantitative estimate of drug-likeness (QED) is 0.465. The molecule has 0 unspecified atom stereocenters. The Morgan fingerprint density at radius 2 is 1.38 bits per heavy atom. The molecule has 0 aliphatic carbocycles. The number of hydrogen-bond donors (Lipinski definition) is 0. The van der Waals surface area contributed by atoms with Crippen molar-refractivity contribution in [2.24, 2.45) is 0 Å². The van der Waals surface area contributed by atoms with Gasteiger partial charge in [-0.15, -0.1) is 0 Å². The van der Waals surface area contributed by atoms with Crippen molar-refractivity contribution >= 4 is 0 Å². The second kappa shape index (κ2) is 11.4. The fourth-order valence-electron chi connectivity index (χ4n) is 1.34. The fourth-order valence-corrected chi connectivity index (χ4v) is 1.34. The van der Waals surface area contributed by atoms with Crippen LogP contribution >= 0.6 is 0 Å². The predicted octanol–water partition coefficient (Wildman–Crippen LogP) is 5.24. The molecule has 16 heavy (non-hydrogen) atoms. The Morgan fingerprint density at radius 1 is 0.875 bits per heavy atom. The van der Waals surface area contributed by atoms with Crippen molar-refractivity contribution < 1.29 is 22.4 Å². The van der Waals surface area contributed by atoms with Gasteiger partial charge in [0.25, 0.3) is 0 Å². The van der Waals surface area contributed by atoms with E-state index in [4.69, 9.17) is 0 Å². The van der Waals surface area contributed by atoms with E-state index in [-0.39, 0.29) is 22.4 Å². The molecule has 96 valence electrons. The van der Waals surface area contributed by atoms with E-state index < -0.39 is 0 Å². The van der Waals surface area contributed by atoms with Gasteiger partial charge < -0.3 is 0 Å². The average molecular weight is 313 g/mol. The van der Waals surface area contributed by atoms with Crippen LogP contribution in [-0.2, 0) is 22.4 Å². The molecular weight excluding hydrogens is 288 g/mol. The predicted molar refractivity (Wildman–Crippen MR) is 70.8 cm³/mol. The van der Waals surface area contributed by atoms with E-state index in [2.05, 4.69) is 46.8 Å². The van der Waals surface area contributed by atoms with Crippen LogP contribution < -0.4 is 0 Å². The van der Waals surface area contributed by atoms with Crippen LogP contribution in [0.3, 0.4) is 0 Å². The third kappa shape index (κ3) is 12.0. The topological polar surface area (TPSA) is 0 Å². The second-order valence-corrected chi connectivity index (χ2v) is 4.46. The summed E-state index contributed by atoms with van der Waals surface area (Å²) in [6.07, 6.45) is 11.3. The van der Waals surface area contributed by atoms with Crippen molar-refractivity contribution in [1.82, 2.24) is 0 Å². The molecule has 1 heteroatoms. The fraction of sp³-hybridized carbons (Fsp3) is 0.533. The number of rotatable bonds is 6. The molecule has 0 aromatic rings. The molecule has 0 heterocycles. The number of hydrogen-bond acceptors (Lipinski definition) is 0. The molecule has 0 bridgehead atoms. The van der Waals surface area contributed by atoms with Gasteiger partial charge in [0.1, 0.15) is 0 Å². The van der Waals surface area contributed by atoms with Gasteiger partial charge in [-0.2, -0.15) is 0 Å². The van der Waals surface area contributed by atoms with Gasteiger partial charge in [0, 0.05) is 22.4 Å². The van der Waals surface area contributed by atoms with Gasteiger partial charge in [-0.1, -0.05) is 34.9 Å². The molecule has 0 N–H and O–H groups in total. The molecule has 0 aliphatic heterocycles. The van der Waals surface area contributed by atoms with Gasteiger partial charge in [-0.05, 0) is 60.3 Å². The van der Waals surface area contributed by atoms with Gasteiger partial charge >= 0.3 is 0 Å². The van der Waals surface area contributed by atoms with Crippen LogP contribution in [0.4, 0.5) is 0 Å². The number of allylic oxidation sites excluding steroid dienone is 6. The van der Waals surface area contributed by atoms with Crippen molar-refractivity contribution in [3.8, 4) is 0 Å². The molecule has 0 nitrogen and oxygen atoms in total. The molecule has 0 aromatic heterocycles. The normalized spacial score (nSPS) is 12.1. The first-order chi connectivity index (χ1) is 7.06. The summed E-state index contributed by atoms with van der Waals surface area (Å²) >= 11 is 0. The SMILES string of the molecule is [Ag].[CH2]C=C(C)CCC=C(C)CCC=C(C)C. The second-order valence-electron chi connectivity index (χ2n) is 4.46. The van der Waals surface area contributed by atoms with Crippen LogP contribution in [0.25, 0.3) is 0 Å². The molecule has 0 spiro atoms. The van der Waals surface area contributed by atoms with E-state index in [0.717, 1.165) is 12.8 Å². The zero-order valence-electron chi connectivity index (χ0n) is 11.1. The van der Waals surface area contributed by atoms with Gasteiger partial charge in [0.05, 0.1) is 0 Å². The molecule has 0 fully saturated rings. The molecule has 0 saturated carbocycles. The van der Waals surface area contributed by atoms with Crippen molar-refractivity contribution in [2.45, 2.75) is 53.4 Å². The molecule has 2 radical (unpaired) electrons. The van der Waals surface area contributed by atoms with Crippen LogP contribution in [0, 0.1) is 6.92 Å². The zero-order valence-corrected chi connectivity index (χ0v) is 12.6. The summed E-state index contributed by atoms with van der Waals surface area (Å²) in [7, 11) is 0. The molecular formula is C15H25Ag. The first-order valence-corrected chi connectivity index (χ1v) is 5.80. The zero-order chi connectivity index (χ0) is 11.7. The van der Waals surface area contributed by atoms with E-state index in [9.17, 15) is 0 Å². The van der Waals surface area contributed by atoms with Gasteiger partial charge in [0.2, 0.25) is 0 Å². The first kappa shape index (κ1) is 18.3. The Labute approximate surface area is 117 Å². The van der Waals surface area contributed by atoms with Crippen molar-refractivity contribution in [3.05, 3.63) is 41.9 Å². The Kier molecular flexibility index (Phi) is 13.1. The molecule has 0 rings (SSSR count). The summed E-state index contributed by atoms with van der Waals surface area (Å²) in [5.74, 6) is 0. The largest absolute Gasteiger partial charge is 0.0856 e. The summed E-state index contributed by atoms with van der Waals surface area (Å²) in [6.45, 7) is 12.4. The van der Waals surface area contributed by atoms with Gasteiger partial charge in [0.15, 0.2) is 0 Å². The van der Waals surface area contributed by atoms with Crippen molar-refractivity contribution in [1.29, 1.82) is 0 Å². The van der Waals surface area contributed by atoms with Crippen LogP contribution in [0.15, 0.2) is 34.9 Å². The Hall–Kier alpha value is -0.0397. The van der Waals surface area contributed by atoms with Gasteiger partial charge in [-0.3, -0.25) is 0 Å². The minimum atomic E-state index is 0. The summed E-state index contributed by atoms with van der Waals surface area (Å²) in [5, 5.41) is 0. The van der Waals surface area contributed by atoms with Crippen LogP contribution in [0.5, 0.6) is 0 Å². The molecule has 0 aliphatic rings. The Morgan fingerprint density at radius 3 is 1.88 bits per heavy atom. The summed E-state index contributed by atoms with van der Waals surface area (Å²) in [5.41, 5.74) is 4.30. The molecule has 0 atom stereocenters. The Balaban J connectivity index is 0. The summed E-state index contributed by atoms with van der Waals surface area (Å²) in [6, 6.07) is 0. The van der Waals surface area contributed by atoms with Crippen LogP contribution in [-0.4, -0.2) is 0 Å². The standard InChI is InChI=1S/C15H25.Ag/c1-6-14(4)10-8-12-15(5)11-7-9-13(2)3;/h6,9,12H,1,7-8,10-11H2,2-5H3;. The monoisotopic (exact) mass is 312 g/mol. The minimum absolute atomic E-state index is 0. The Bertz CT molecular complexity index is 253. The summed E-state index contributed by atoms with van der Waals surface area (Å²) < 4.78 is 0. The maximum absolute atomic E-state index is 3.76. The first-order valence-electron chi connectivity index (χ1n) is 5.80. The van der Waals surface area contributed by atoms with Crippen molar-refractivity contribution in [2.75, 3.05) is 0 Å². The maximum Gasteiger partial charge on any atom is 0 e.